The highest BCUT2D eigenvalue weighted by molar-refractivity contribution is 7.88. The molecule has 2 N–H and O–H groups in total. The number of fused-ring (bicyclic) bond motifs is 1. The summed E-state index contributed by atoms with van der Waals surface area (Å²) < 4.78 is 36.2. The van der Waals surface area contributed by atoms with Crippen molar-refractivity contribution in [2.24, 2.45) is 0 Å². The number of benzene rings is 2. The molecular weight excluding hydrogens is 392 g/mol. The van der Waals surface area contributed by atoms with Gasteiger partial charge in [-0.2, -0.15) is 0 Å². The number of rotatable bonds is 8. The Morgan fingerprint density at radius 2 is 1.97 bits per heavy atom. The van der Waals surface area contributed by atoms with Crippen molar-refractivity contribution in [2.45, 2.75) is 32.8 Å². The molecule has 1 aliphatic heterocycles. The first-order chi connectivity index (χ1) is 13.7. The Hall–Kier alpha value is -2.58. The lowest BCUT2D eigenvalue weighted by atomic mass is 10.1. The fourth-order valence-electron chi connectivity index (χ4n) is 3.21. The van der Waals surface area contributed by atoms with Crippen LogP contribution in [-0.4, -0.2) is 39.8 Å². The number of hydrogen-bond acceptors (Lipinski definition) is 5. The minimum Gasteiger partial charge on any atom is -0.492 e. The maximum Gasteiger partial charge on any atom is 0.255 e. The average molecular weight is 419 g/mol. The van der Waals surface area contributed by atoms with Crippen molar-refractivity contribution in [1.82, 2.24) is 4.72 Å². The topological polar surface area (TPSA) is 93.7 Å². The van der Waals surface area contributed by atoms with Crippen LogP contribution in [0.1, 0.15) is 35.3 Å². The van der Waals surface area contributed by atoms with Crippen LogP contribution in [-0.2, 0) is 22.9 Å². The van der Waals surface area contributed by atoms with Gasteiger partial charge in [0.1, 0.15) is 17.6 Å². The number of amides is 1. The number of hydrogen-bond donors (Lipinski definition) is 2. The van der Waals surface area contributed by atoms with Crippen LogP contribution in [0.25, 0.3) is 0 Å². The van der Waals surface area contributed by atoms with Gasteiger partial charge in [-0.3, -0.25) is 4.79 Å². The van der Waals surface area contributed by atoms with Crippen molar-refractivity contribution in [3.8, 4) is 11.5 Å². The molecule has 156 valence electrons. The van der Waals surface area contributed by atoms with Crippen LogP contribution in [0.15, 0.2) is 36.4 Å². The molecule has 0 radical (unpaired) electrons. The van der Waals surface area contributed by atoms with Crippen LogP contribution in [0, 0.1) is 0 Å². The molecule has 0 saturated heterocycles. The van der Waals surface area contributed by atoms with Gasteiger partial charge in [-0.05, 0) is 44.0 Å². The van der Waals surface area contributed by atoms with Gasteiger partial charge in [-0.25, -0.2) is 13.1 Å². The minimum atomic E-state index is -3.20. The van der Waals surface area contributed by atoms with Crippen molar-refractivity contribution >= 4 is 21.6 Å². The number of sulfonamides is 1. The standard InChI is InChI=1S/C21H26N2O5S/c1-4-27-20-12-17-11-14(2)28-19(17)13-18(20)23-21(24)16-7-5-15(6-8-16)9-10-22-29(3,25)26/h5-8,12-14,22H,4,9-11H2,1-3H3,(H,23,24)/t14-/m1/s1. The molecule has 0 saturated carbocycles. The van der Waals surface area contributed by atoms with Crippen molar-refractivity contribution in [2.75, 3.05) is 24.7 Å². The Bertz CT molecular complexity index is 987. The monoisotopic (exact) mass is 418 g/mol. The maximum atomic E-state index is 12.7. The number of carbonyl (C=O) groups is 1. The third kappa shape index (κ3) is 5.71. The Morgan fingerprint density at radius 1 is 1.24 bits per heavy atom. The number of ether oxygens (including phenoxy) is 2. The molecule has 2 aromatic rings. The summed E-state index contributed by atoms with van der Waals surface area (Å²) in [5, 5.41) is 2.90. The van der Waals surface area contributed by atoms with E-state index in [1.165, 1.54) is 0 Å². The fourth-order valence-corrected chi connectivity index (χ4v) is 3.68. The van der Waals surface area contributed by atoms with Gasteiger partial charge >= 0.3 is 0 Å². The van der Waals surface area contributed by atoms with Gasteiger partial charge in [0.25, 0.3) is 5.91 Å². The maximum absolute atomic E-state index is 12.7. The van der Waals surface area contributed by atoms with Crippen LogP contribution in [0.4, 0.5) is 5.69 Å². The summed E-state index contributed by atoms with van der Waals surface area (Å²) >= 11 is 0. The third-order valence-corrected chi connectivity index (χ3v) is 5.27. The third-order valence-electron chi connectivity index (χ3n) is 4.54. The Morgan fingerprint density at radius 3 is 2.62 bits per heavy atom. The largest absolute Gasteiger partial charge is 0.492 e. The van der Waals surface area contributed by atoms with Crippen LogP contribution in [0.5, 0.6) is 11.5 Å². The second kappa shape index (κ2) is 8.84. The summed E-state index contributed by atoms with van der Waals surface area (Å²) in [5.41, 5.74) is 3.09. The molecule has 7 nitrogen and oxygen atoms in total. The van der Waals surface area contributed by atoms with Gasteiger partial charge in [0.2, 0.25) is 10.0 Å². The first-order valence-corrected chi connectivity index (χ1v) is 11.5. The quantitative estimate of drug-likeness (QED) is 0.688. The first kappa shape index (κ1) is 21.1. The van der Waals surface area contributed by atoms with Gasteiger partial charge < -0.3 is 14.8 Å². The van der Waals surface area contributed by atoms with Gasteiger partial charge in [-0.1, -0.05) is 12.1 Å². The molecule has 29 heavy (non-hydrogen) atoms. The number of nitrogens with one attached hydrogen (secondary N) is 2. The molecule has 8 heteroatoms. The second-order valence-electron chi connectivity index (χ2n) is 7.09. The summed E-state index contributed by atoms with van der Waals surface area (Å²) in [7, 11) is -3.20. The molecule has 0 unspecified atom stereocenters. The van der Waals surface area contributed by atoms with Crippen molar-refractivity contribution < 1.29 is 22.7 Å². The van der Waals surface area contributed by atoms with E-state index in [0.717, 1.165) is 29.6 Å². The van der Waals surface area contributed by atoms with E-state index in [1.54, 1.807) is 12.1 Å². The number of anilines is 1. The van der Waals surface area contributed by atoms with E-state index in [1.807, 2.05) is 38.1 Å². The van der Waals surface area contributed by atoms with Crippen molar-refractivity contribution in [3.63, 3.8) is 0 Å². The zero-order valence-corrected chi connectivity index (χ0v) is 17.6. The summed E-state index contributed by atoms with van der Waals surface area (Å²) in [6, 6.07) is 10.8. The molecule has 1 heterocycles. The van der Waals surface area contributed by atoms with Gasteiger partial charge in [-0.15, -0.1) is 0 Å². The first-order valence-electron chi connectivity index (χ1n) is 9.56. The lowest BCUT2D eigenvalue weighted by Gasteiger charge is -2.14. The van der Waals surface area contributed by atoms with Crippen molar-refractivity contribution in [1.29, 1.82) is 0 Å². The Balaban J connectivity index is 1.69. The molecule has 2 aromatic carbocycles. The van der Waals surface area contributed by atoms with Gasteiger partial charge in [0, 0.05) is 30.2 Å². The van der Waals surface area contributed by atoms with Crippen LogP contribution < -0.4 is 19.5 Å². The normalized spacial score (nSPS) is 15.5. The molecule has 1 amide bonds. The van der Waals surface area contributed by atoms with E-state index >= 15 is 0 Å². The van der Waals surface area contributed by atoms with E-state index in [-0.39, 0.29) is 12.0 Å². The molecular formula is C21H26N2O5S. The summed E-state index contributed by atoms with van der Waals surface area (Å²) in [5.74, 6) is 1.14. The predicted octanol–water partition coefficient (Wildman–Crippen LogP) is 2.75. The molecule has 3 rings (SSSR count). The van der Waals surface area contributed by atoms with Gasteiger partial charge in [0.15, 0.2) is 0 Å². The van der Waals surface area contributed by atoms with E-state index in [9.17, 15) is 13.2 Å². The van der Waals surface area contributed by atoms with Crippen LogP contribution in [0.2, 0.25) is 0 Å². The van der Waals surface area contributed by atoms with Crippen molar-refractivity contribution in [3.05, 3.63) is 53.1 Å². The summed E-state index contributed by atoms with van der Waals surface area (Å²) in [4.78, 5) is 12.7. The van der Waals surface area contributed by atoms with Crippen LogP contribution >= 0.6 is 0 Å². The highest BCUT2D eigenvalue weighted by atomic mass is 32.2. The molecule has 0 bridgehead atoms. The second-order valence-corrected chi connectivity index (χ2v) is 8.92. The fraction of sp³-hybridized carbons (Fsp3) is 0.381. The average Bonchev–Trinajstić information content (AvgIpc) is 3.00. The van der Waals surface area contributed by atoms with Gasteiger partial charge in [0.05, 0.1) is 18.6 Å². The van der Waals surface area contributed by atoms with E-state index in [4.69, 9.17) is 9.47 Å². The Kier molecular flexibility index (Phi) is 6.44. The van der Waals surface area contributed by atoms with E-state index in [0.29, 0.717) is 36.6 Å². The predicted molar refractivity (Wildman–Crippen MR) is 112 cm³/mol. The molecule has 1 atom stereocenters. The minimum absolute atomic E-state index is 0.107. The molecule has 1 aliphatic rings. The SMILES string of the molecule is CCOc1cc2c(cc1NC(=O)c1ccc(CCNS(C)(=O)=O)cc1)O[C@H](C)C2. The Labute approximate surface area is 171 Å². The molecule has 0 spiro atoms. The zero-order chi connectivity index (χ0) is 21.0. The summed E-state index contributed by atoms with van der Waals surface area (Å²) in [6.07, 6.45) is 2.60. The lowest BCUT2D eigenvalue weighted by molar-refractivity contribution is 0.102. The molecule has 0 aromatic heterocycles. The number of carbonyl (C=O) groups excluding carboxylic acids is 1. The lowest BCUT2D eigenvalue weighted by Crippen LogP contribution is -2.24. The molecule has 0 fully saturated rings. The van der Waals surface area contributed by atoms with Crippen LogP contribution in [0.3, 0.4) is 0 Å². The van der Waals surface area contributed by atoms with E-state index < -0.39 is 10.0 Å². The summed E-state index contributed by atoms with van der Waals surface area (Å²) in [6.45, 7) is 4.71. The highest BCUT2D eigenvalue weighted by Gasteiger charge is 2.22. The molecule has 0 aliphatic carbocycles. The highest BCUT2D eigenvalue weighted by Crippen LogP contribution is 2.38. The van der Waals surface area contributed by atoms with E-state index in [2.05, 4.69) is 10.0 Å². The smallest absolute Gasteiger partial charge is 0.255 e. The zero-order valence-electron chi connectivity index (χ0n) is 16.8.